The van der Waals surface area contributed by atoms with E-state index in [1.165, 1.54) is 71.2 Å². The van der Waals surface area contributed by atoms with Crippen molar-refractivity contribution in [2.24, 2.45) is 0 Å². The monoisotopic (exact) mass is 265 g/mol. The predicted molar refractivity (Wildman–Crippen MR) is 80.5 cm³/mol. The maximum atomic E-state index is 3.49. The molecule has 1 N–H and O–H groups in total. The van der Waals surface area contributed by atoms with Gasteiger partial charge in [-0.05, 0) is 46.1 Å². The molecule has 3 nitrogen and oxygen atoms in total. The highest BCUT2D eigenvalue weighted by molar-refractivity contribution is 5.01. The van der Waals surface area contributed by atoms with E-state index in [1.807, 2.05) is 0 Å². The number of piperidine rings is 1. The summed E-state index contributed by atoms with van der Waals surface area (Å²) in [6.07, 6.45) is 8.59. The Kier molecular flexibility index (Phi) is 4.16. The van der Waals surface area contributed by atoms with E-state index in [9.17, 15) is 0 Å². The summed E-state index contributed by atoms with van der Waals surface area (Å²) in [6.45, 7) is 11.2. The molecular weight excluding hydrogens is 234 g/mol. The third kappa shape index (κ3) is 2.70. The average Bonchev–Trinajstić information content (AvgIpc) is 2.92. The van der Waals surface area contributed by atoms with Crippen molar-refractivity contribution in [2.45, 2.75) is 70.0 Å². The highest BCUT2D eigenvalue weighted by Crippen LogP contribution is 2.37. The average molecular weight is 265 g/mol. The molecule has 19 heavy (non-hydrogen) atoms. The molecule has 3 aliphatic rings. The zero-order chi connectivity index (χ0) is 13.3. The zero-order valence-electron chi connectivity index (χ0n) is 12.8. The van der Waals surface area contributed by atoms with Crippen molar-refractivity contribution in [1.29, 1.82) is 0 Å². The van der Waals surface area contributed by atoms with Gasteiger partial charge in [-0.25, -0.2) is 0 Å². The Bertz CT molecular complexity index is 290. The van der Waals surface area contributed by atoms with Crippen molar-refractivity contribution < 1.29 is 0 Å². The van der Waals surface area contributed by atoms with E-state index in [0.717, 1.165) is 12.1 Å². The number of hydrogen-bond acceptors (Lipinski definition) is 3. The lowest BCUT2D eigenvalue weighted by Gasteiger charge is -2.55. The number of rotatable bonds is 2. The Hall–Kier alpha value is -0.120. The van der Waals surface area contributed by atoms with Crippen molar-refractivity contribution in [3.05, 3.63) is 0 Å². The minimum atomic E-state index is 0.366. The third-order valence-corrected chi connectivity index (χ3v) is 5.79. The van der Waals surface area contributed by atoms with Crippen LogP contribution in [0.15, 0.2) is 0 Å². The molecular formula is C16H31N3. The molecule has 3 heteroatoms. The van der Waals surface area contributed by atoms with Crippen LogP contribution in [0.1, 0.15) is 52.4 Å². The number of nitrogens with one attached hydrogen (secondary N) is 1. The molecule has 1 aliphatic carbocycles. The Balaban J connectivity index is 1.72. The molecule has 1 atom stereocenters. The zero-order valence-corrected chi connectivity index (χ0v) is 12.8. The number of piperazine rings is 1. The van der Waals surface area contributed by atoms with Crippen molar-refractivity contribution in [2.75, 3.05) is 32.7 Å². The second-order valence-corrected chi connectivity index (χ2v) is 7.23. The van der Waals surface area contributed by atoms with Crippen LogP contribution in [-0.4, -0.2) is 60.1 Å². The third-order valence-electron chi connectivity index (χ3n) is 5.79. The van der Waals surface area contributed by atoms with Crippen molar-refractivity contribution in [3.63, 3.8) is 0 Å². The molecule has 2 heterocycles. The second-order valence-electron chi connectivity index (χ2n) is 7.23. The summed E-state index contributed by atoms with van der Waals surface area (Å²) in [5, 5.41) is 3.49. The molecule has 2 aliphatic heterocycles. The van der Waals surface area contributed by atoms with Gasteiger partial charge in [0.15, 0.2) is 0 Å². The molecule has 2 saturated heterocycles. The first-order valence-corrected chi connectivity index (χ1v) is 8.41. The van der Waals surface area contributed by atoms with E-state index in [4.69, 9.17) is 0 Å². The summed E-state index contributed by atoms with van der Waals surface area (Å²) >= 11 is 0. The van der Waals surface area contributed by atoms with E-state index in [-0.39, 0.29) is 0 Å². The molecule has 3 fully saturated rings. The smallest absolute Gasteiger partial charge is 0.0311 e. The quantitative estimate of drug-likeness (QED) is 0.825. The molecule has 0 aromatic carbocycles. The standard InChI is InChI=1S/C16H31N3/c1-16(2)15(18-12-9-17-10-13-18)8-5-11-19(16)14-6-3-4-7-14/h14-15,17H,3-13H2,1-2H3. The van der Waals surface area contributed by atoms with Gasteiger partial charge in [0.2, 0.25) is 0 Å². The summed E-state index contributed by atoms with van der Waals surface area (Å²) < 4.78 is 0. The lowest BCUT2D eigenvalue weighted by Crippen LogP contribution is -2.66. The molecule has 0 aromatic heterocycles. The van der Waals surface area contributed by atoms with Gasteiger partial charge in [-0.3, -0.25) is 9.80 Å². The molecule has 110 valence electrons. The van der Waals surface area contributed by atoms with E-state index >= 15 is 0 Å². The van der Waals surface area contributed by atoms with Crippen molar-refractivity contribution in [3.8, 4) is 0 Å². The molecule has 0 aromatic rings. The maximum Gasteiger partial charge on any atom is 0.0311 e. The first-order chi connectivity index (χ1) is 9.19. The van der Waals surface area contributed by atoms with Crippen molar-refractivity contribution in [1.82, 2.24) is 15.1 Å². The fourth-order valence-corrected chi connectivity index (χ4v) is 4.78. The van der Waals surface area contributed by atoms with Crippen LogP contribution in [-0.2, 0) is 0 Å². The van der Waals surface area contributed by atoms with Crippen LogP contribution in [0.2, 0.25) is 0 Å². The summed E-state index contributed by atoms with van der Waals surface area (Å²) in [7, 11) is 0. The van der Waals surface area contributed by atoms with Crippen LogP contribution in [0.4, 0.5) is 0 Å². The van der Waals surface area contributed by atoms with E-state index in [1.54, 1.807) is 0 Å². The summed E-state index contributed by atoms with van der Waals surface area (Å²) in [4.78, 5) is 5.63. The van der Waals surface area contributed by atoms with Gasteiger partial charge in [0, 0.05) is 43.8 Å². The first-order valence-electron chi connectivity index (χ1n) is 8.41. The Morgan fingerprint density at radius 3 is 2.26 bits per heavy atom. The van der Waals surface area contributed by atoms with E-state index in [0.29, 0.717) is 5.54 Å². The second kappa shape index (κ2) is 5.71. The Morgan fingerprint density at radius 2 is 1.58 bits per heavy atom. The van der Waals surface area contributed by atoms with Crippen LogP contribution in [0.5, 0.6) is 0 Å². The highest BCUT2D eigenvalue weighted by Gasteiger charge is 2.44. The van der Waals surface area contributed by atoms with Gasteiger partial charge in [0.25, 0.3) is 0 Å². The van der Waals surface area contributed by atoms with Gasteiger partial charge >= 0.3 is 0 Å². The first kappa shape index (κ1) is 13.8. The maximum absolute atomic E-state index is 3.49. The van der Waals surface area contributed by atoms with Gasteiger partial charge in [0.1, 0.15) is 0 Å². The van der Waals surface area contributed by atoms with Gasteiger partial charge in [-0.15, -0.1) is 0 Å². The van der Waals surface area contributed by atoms with Crippen molar-refractivity contribution >= 4 is 0 Å². The van der Waals surface area contributed by atoms with Crippen LogP contribution in [0.25, 0.3) is 0 Å². The molecule has 0 radical (unpaired) electrons. The number of likely N-dealkylation sites (tertiary alicyclic amines) is 1. The van der Waals surface area contributed by atoms with Gasteiger partial charge in [-0.2, -0.15) is 0 Å². The Morgan fingerprint density at radius 1 is 0.895 bits per heavy atom. The van der Waals surface area contributed by atoms with Gasteiger partial charge in [0.05, 0.1) is 0 Å². The number of nitrogens with zero attached hydrogens (tertiary/aromatic N) is 2. The molecule has 0 bridgehead atoms. The lowest BCUT2D eigenvalue weighted by atomic mass is 9.82. The van der Waals surface area contributed by atoms with E-state index < -0.39 is 0 Å². The summed E-state index contributed by atoms with van der Waals surface area (Å²) in [5.74, 6) is 0. The summed E-state index contributed by atoms with van der Waals surface area (Å²) in [6, 6.07) is 1.64. The molecule has 1 unspecified atom stereocenters. The molecule has 3 rings (SSSR count). The minimum Gasteiger partial charge on any atom is -0.314 e. The highest BCUT2D eigenvalue weighted by atomic mass is 15.3. The van der Waals surface area contributed by atoms with Gasteiger partial charge in [-0.1, -0.05) is 12.8 Å². The molecule has 0 spiro atoms. The SMILES string of the molecule is CC1(C)C(N2CCNCC2)CCCN1C1CCCC1. The van der Waals surface area contributed by atoms with Gasteiger partial charge < -0.3 is 5.32 Å². The normalized spacial score (nSPS) is 34.7. The van der Waals surface area contributed by atoms with Crippen LogP contribution < -0.4 is 5.32 Å². The number of hydrogen-bond donors (Lipinski definition) is 1. The van der Waals surface area contributed by atoms with Crippen LogP contribution in [0.3, 0.4) is 0 Å². The lowest BCUT2D eigenvalue weighted by molar-refractivity contribution is -0.0426. The molecule has 0 amide bonds. The van der Waals surface area contributed by atoms with Crippen LogP contribution in [0, 0.1) is 0 Å². The molecule has 1 saturated carbocycles. The Labute approximate surface area is 118 Å². The fourth-order valence-electron chi connectivity index (χ4n) is 4.78. The van der Waals surface area contributed by atoms with Crippen LogP contribution >= 0.6 is 0 Å². The minimum absolute atomic E-state index is 0.366. The fraction of sp³-hybridized carbons (Fsp3) is 1.00. The predicted octanol–water partition coefficient (Wildman–Crippen LogP) is 2.08. The summed E-state index contributed by atoms with van der Waals surface area (Å²) in [5.41, 5.74) is 0.366. The van der Waals surface area contributed by atoms with E-state index in [2.05, 4.69) is 29.0 Å². The topological polar surface area (TPSA) is 18.5 Å². The largest absolute Gasteiger partial charge is 0.314 e.